The highest BCUT2D eigenvalue weighted by Gasteiger charge is 2.17. The molecule has 0 atom stereocenters. The summed E-state index contributed by atoms with van der Waals surface area (Å²) in [7, 11) is -3.65. The van der Waals surface area contributed by atoms with Gasteiger partial charge in [0.25, 0.3) is 0 Å². The van der Waals surface area contributed by atoms with Crippen molar-refractivity contribution >= 4 is 15.7 Å². The lowest BCUT2D eigenvalue weighted by Crippen LogP contribution is -2.24. The second-order valence-corrected chi connectivity index (χ2v) is 6.20. The summed E-state index contributed by atoms with van der Waals surface area (Å²) in [5.74, 6) is 0.594. The average molecular weight is 292 g/mol. The van der Waals surface area contributed by atoms with Crippen LogP contribution in [0, 0.1) is 13.8 Å². The van der Waals surface area contributed by atoms with Crippen LogP contribution in [-0.4, -0.2) is 18.4 Å². The molecule has 0 amide bonds. The number of nitrogens with one attached hydrogen (secondary N) is 1. The molecule has 0 unspecified atom stereocenters. The predicted molar refractivity (Wildman–Crippen MR) is 76.4 cm³/mol. The fraction of sp³-hybridized carbons (Fsp3) is 0.231. The van der Waals surface area contributed by atoms with Gasteiger partial charge in [0, 0.05) is 6.20 Å². The number of anilines is 1. The number of sulfonamides is 1. The third-order valence-corrected chi connectivity index (χ3v) is 4.21. The van der Waals surface area contributed by atoms with E-state index in [1.807, 2.05) is 6.92 Å². The number of hydrogen-bond donors (Lipinski definition) is 2. The van der Waals surface area contributed by atoms with E-state index in [0.717, 1.165) is 5.56 Å². The zero-order chi connectivity index (χ0) is 14.8. The predicted octanol–water partition coefficient (Wildman–Crippen LogP) is 1.15. The summed E-state index contributed by atoms with van der Waals surface area (Å²) in [6, 6.07) is 6.50. The molecule has 0 aliphatic heterocycles. The molecular formula is C13H16N4O2S. The van der Waals surface area contributed by atoms with Crippen LogP contribution in [-0.2, 0) is 16.6 Å². The first-order valence-electron chi connectivity index (χ1n) is 6.03. The van der Waals surface area contributed by atoms with Crippen molar-refractivity contribution in [3.05, 3.63) is 47.5 Å². The molecule has 7 heteroatoms. The highest BCUT2D eigenvalue weighted by molar-refractivity contribution is 7.89. The Balaban J connectivity index is 2.19. The van der Waals surface area contributed by atoms with E-state index in [1.54, 1.807) is 31.3 Å². The fourth-order valence-electron chi connectivity index (χ4n) is 1.76. The highest BCUT2D eigenvalue weighted by atomic mass is 32.2. The van der Waals surface area contributed by atoms with Crippen LogP contribution in [0.15, 0.2) is 35.4 Å². The molecule has 0 aliphatic rings. The molecule has 20 heavy (non-hydrogen) atoms. The smallest absolute Gasteiger partial charge is 0.242 e. The van der Waals surface area contributed by atoms with E-state index in [9.17, 15) is 8.42 Å². The van der Waals surface area contributed by atoms with Gasteiger partial charge in [0.05, 0.1) is 17.9 Å². The molecule has 1 heterocycles. The molecule has 0 fully saturated rings. The number of nitrogen functional groups attached to an aromatic ring is 1. The summed E-state index contributed by atoms with van der Waals surface area (Å²) in [4.78, 5) is 8.17. The number of nitrogens with two attached hydrogens (primary N) is 1. The van der Waals surface area contributed by atoms with Gasteiger partial charge in [-0.3, -0.25) is 0 Å². The molecule has 6 nitrogen and oxygen atoms in total. The van der Waals surface area contributed by atoms with Gasteiger partial charge in [-0.05, 0) is 37.6 Å². The van der Waals surface area contributed by atoms with E-state index in [4.69, 9.17) is 5.73 Å². The fourth-order valence-corrected chi connectivity index (χ4v) is 2.87. The summed E-state index contributed by atoms with van der Waals surface area (Å²) in [5.41, 5.74) is 7.50. The molecule has 0 bridgehead atoms. The number of benzene rings is 1. The van der Waals surface area contributed by atoms with Crippen LogP contribution < -0.4 is 10.5 Å². The minimum absolute atomic E-state index is 0.0777. The Labute approximate surface area is 118 Å². The van der Waals surface area contributed by atoms with Gasteiger partial charge >= 0.3 is 0 Å². The van der Waals surface area contributed by atoms with E-state index in [-0.39, 0.29) is 17.1 Å². The topological polar surface area (TPSA) is 98.0 Å². The van der Waals surface area contributed by atoms with Gasteiger partial charge in [0.1, 0.15) is 10.7 Å². The van der Waals surface area contributed by atoms with Crippen molar-refractivity contribution in [2.75, 3.05) is 5.73 Å². The second-order valence-electron chi connectivity index (χ2n) is 4.46. The first kappa shape index (κ1) is 14.4. The van der Waals surface area contributed by atoms with Crippen molar-refractivity contribution in [1.29, 1.82) is 0 Å². The van der Waals surface area contributed by atoms with Crippen molar-refractivity contribution in [2.45, 2.75) is 25.3 Å². The van der Waals surface area contributed by atoms with E-state index >= 15 is 0 Å². The van der Waals surface area contributed by atoms with Gasteiger partial charge < -0.3 is 5.73 Å². The van der Waals surface area contributed by atoms with E-state index in [0.29, 0.717) is 11.5 Å². The summed E-state index contributed by atoms with van der Waals surface area (Å²) >= 11 is 0. The van der Waals surface area contributed by atoms with Crippen LogP contribution in [0.1, 0.15) is 17.1 Å². The maximum atomic E-state index is 12.2. The Hall–Kier alpha value is -1.99. The third-order valence-electron chi connectivity index (χ3n) is 2.73. The molecule has 0 saturated heterocycles. The molecule has 0 saturated carbocycles. The molecular weight excluding hydrogens is 276 g/mol. The monoisotopic (exact) mass is 292 g/mol. The lowest BCUT2D eigenvalue weighted by atomic mass is 10.2. The van der Waals surface area contributed by atoms with Gasteiger partial charge in [-0.15, -0.1) is 0 Å². The molecule has 0 radical (unpaired) electrons. The molecule has 0 spiro atoms. The summed E-state index contributed by atoms with van der Waals surface area (Å²) in [6.45, 7) is 3.69. The zero-order valence-electron chi connectivity index (χ0n) is 11.3. The van der Waals surface area contributed by atoms with Crippen LogP contribution in [0.4, 0.5) is 5.69 Å². The second kappa shape index (κ2) is 5.56. The maximum Gasteiger partial charge on any atom is 0.242 e. The summed E-state index contributed by atoms with van der Waals surface area (Å²) in [6.07, 6.45) is 1.59. The highest BCUT2D eigenvalue weighted by Crippen LogP contribution is 2.19. The molecule has 0 aliphatic carbocycles. The van der Waals surface area contributed by atoms with Crippen LogP contribution in [0.2, 0.25) is 0 Å². The van der Waals surface area contributed by atoms with E-state index in [1.165, 1.54) is 6.07 Å². The van der Waals surface area contributed by atoms with Crippen molar-refractivity contribution in [1.82, 2.24) is 14.7 Å². The Morgan fingerprint density at radius 2 is 2.00 bits per heavy atom. The number of rotatable bonds is 4. The Morgan fingerprint density at radius 3 is 2.65 bits per heavy atom. The number of aryl methyl sites for hydroxylation is 2. The van der Waals surface area contributed by atoms with Gasteiger partial charge in [-0.2, -0.15) is 0 Å². The lowest BCUT2D eigenvalue weighted by Gasteiger charge is -2.09. The van der Waals surface area contributed by atoms with Crippen molar-refractivity contribution < 1.29 is 8.42 Å². The minimum atomic E-state index is -3.65. The number of nitrogens with zero attached hydrogens (tertiary/aromatic N) is 2. The Bertz CT molecular complexity index is 729. The largest absolute Gasteiger partial charge is 0.398 e. The van der Waals surface area contributed by atoms with Crippen LogP contribution in [0.5, 0.6) is 0 Å². The third kappa shape index (κ3) is 3.31. The standard InChI is InChI=1S/C13H16N4O2S/c1-9-3-4-13(12(14)7-9)20(18,19)16-8-11-5-6-15-10(2)17-11/h3-7,16H,8,14H2,1-2H3. The molecule has 1 aromatic heterocycles. The number of hydrogen-bond acceptors (Lipinski definition) is 5. The lowest BCUT2D eigenvalue weighted by molar-refractivity contribution is 0.580. The Morgan fingerprint density at radius 1 is 1.25 bits per heavy atom. The van der Waals surface area contributed by atoms with Crippen LogP contribution in [0.3, 0.4) is 0 Å². The SMILES string of the molecule is Cc1ccc(S(=O)(=O)NCc2ccnc(C)n2)c(N)c1. The number of aromatic nitrogens is 2. The molecule has 3 N–H and O–H groups in total. The van der Waals surface area contributed by atoms with Crippen molar-refractivity contribution in [2.24, 2.45) is 0 Å². The maximum absolute atomic E-state index is 12.2. The van der Waals surface area contributed by atoms with Gasteiger partial charge in [0.2, 0.25) is 10.0 Å². The van der Waals surface area contributed by atoms with E-state index < -0.39 is 10.0 Å². The zero-order valence-corrected chi connectivity index (χ0v) is 12.1. The Kier molecular flexibility index (Phi) is 4.01. The van der Waals surface area contributed by atoms with Gasteiger partial charge in [0.15, 0.2) is 0 Å². The summed E-state index contributed by atoms with van der Waals surface area (Å²) < 4.78 is 26.9. The first-order valence-corrected chi connectivity index (χ1v) is 7.51. The van der Waals surface area contributed by atoms with Crippen LogP contribution in [0.25, 0.3) is 0 Å². The molecule has 106 valence electrons. The molecule has 2 rings (SSSR count). The van der Waals surface area contributed by atoms with Crippen molar-refractivity contribution in [3.63, 3.8) is 0 Å². The first-order chi connectivity index (χ1) is 9.38. The average Bonchev–Trinajstić information content (AvgIpc) is 2.36. The van der Waals surface area contributed by atoms with Crippen molar-refractivity contribution in [3.8, 4) is 0 Å². The normalized spacial score (nSPS) is 11.5. The molecule has 1 aromatic carbocycles. The quantitative estimate of drug-likeness (QED) is 0.824. The van der Waals surface area contributed by atoms with Gasteiger partial charge in [-0.25, -0.2) is 23.1 Å². The molecule has 2 aromatic rings. The minimum Gasteiger partial charge on any atom is -0.398 e. The van der Waals surface area contributed by atoms with E-state index in [2.05, 4.69) is 14.7 Å². The van der Waals surface area contributed by atoms with Crippen LogP contribution >= 0.6 is 0 Å². The summed E-state index contributed by atoms with van der Waals surface area (Å²) in [5, 5.41) is 0. The van der Waals surface area contributed by atoms with Gasteiger partial charge in [-0.1, -0.05) is 6.07 Å².